The Bertz CT molecular complexity index is 403. The van der Waals surface area contributed by atoms with Crippen LogP contribution < -0.4 is 5.32 Å². The van der Waals surface area contributed by atoms with E-state index in [9.17, 15) is 13.2 Å². The number of anilines is 1. The van der Waals surface area contributed by atoms with E-state index in [4.69, 9.17) is 0 Å². The molecule has 1 N–H and O–H groups in total. The van der Waals surface area contributed by atoms with E-state index < -0.39 is 12.6 Å². The van der Waals surface area contributed by atoms with Gasteiger partial charge in [0.2, 0.25) is 0 Å². The van der Waals surface area contributed by atoms with Gasteiger partial charge in [-0.05, 0) is 18.7 Å². The number of fused-ring (bicyclic) bond motifs is 1. The summed E-state index contributed by atoms with van der Waals surface area (Å²) in [5.41, 5.74) is 2.31. The number of nitrogens with zero attached hydrogens (tertiary/aromatic N) is 1. The first kappa shape index (κ1) is 13.2. The molecule has 0 radical (unpaired) electrons. The molecule has 5 heteroatoms. The number of para-hydroxylation sites is 1. The van der Waals surface area contributed by atoms with Gasteiger partial charge in [-0.2, -0.15) is 13.2 Å². The highest BCUT2D eigenvalue weighted by molar-refractivity contribution is 5.57. The molecule has 1 heterocycles. The van der Waals surface area contributed by atoms with Crippen LogP contribution in [0, 0.1) is 0 Å². The van der Waals surface area contributed by atoms with Crippen molar-refractivity contribution in [2.75, 3.05) is 32.0 Å². The van der Waals surface area contributed by atoms with Crippen molar-refractivity contribution in [2.45, 2.75) is 18.5 Å². The number of alkyl halides is 3. The van der Waals surface area contributed by atoms with Crippen LogP contribution >= 0.6 is 0 Å². The Labute approximate surface area is 105 Å². The second-order valence-electron chi connectivity index (χ2n) is 4.79. The molecule has 1 aromatic rings. The lowest BCUT2D eigenvalue weighted by atomic mass is 10.0. The van der Waals surface area contributed by atoms with Crippen LogP contribution in [0.1, 0.15) is 17.9 Å². The van der Waals surface area contributed by atoms with Crippen molar-refractivity contribution >= 4 is 5.69 Å². The Morgan fingerprint density at radius 1 is 1.33 bits per heavy atom. The van der Waals surface area contributed by atoms with Crippen molar-refractivity contribution in [3.05, 3.63) is 29.8 Å². The molecule has 0 saturated carbocycles. The topological polar surface area (TPSA) is 15.3 Å². The van der Waals surface area contributed by atoms with E-state index >= 15 is 0 Å². The van der Waals surface area contributed by atoms with Gasteiger partial charge in [-0.15, -0.1) is 0 Å². The SMILES string of the molecule is CN(CCC(F)(F)F)CC1CNc2ccccc21. The van der Waals surface area contributed by atoms with Gasteiger partial charge in [0.25, 0.3) is 0 Å². The maximum atomic E-state index is 12.1. The number of halogens is 3. The predicted octanol–water partition coefficient (Wildman–Crippen LogP) is 3.08. The van der Waals surface area contributed by atoms with Crippen LogP contribution in [-0.4, -0.2) is 37.8 Å². The number of hydrogen-bond donors (Lipinski definition) is 1. The highest BCUT2D eigenvalue weighted by Crippen LogP contribution is 2.31. The van der Waals surface area contributed by atoms with Crippen molar-refractivity contribution in [1.29, 1.82) is 0 Å². The van der Waals surface area contributed by atoms with E-state index in [-0.39, 0.29) is 12.5 Å². The Morgan fingerprint density at radius 2 is 2.06 bits per heavy atom. The molecule has 1 unspecified atom stereocenters. The van der Waals surface area contributed by atoms with Gasteiger partial charge in [-0.25, -0.2) is 0 Å². The summed E-state index contributed by atoms with van der Waals surface area (Å²) in [4.78, 5) is 1.75. The minimum Gasteiger partial charge on any atom is -0.384 e. The molecule has 0 aromatic heterocycles. The Morgan fingerprint density at radius 3 is 2.78 bits per heavy atom. The monoisotopic (exact) mass is 258 g/mol. The van der Waals surface area contributed by atoms with Gasteiger partial charge in [0.05, 0.1) is 6.42 Å². The van der Waals surface area contributed by atoms with Crippen molar-refractivity contribution in [3.63, 3.8) is 0 Å². The molecule has 2 rings (SSSR count). The van der Waals surface area contributed by atoms with Gasteiger partial charge >= 0.3 is 6.18 Å². The second-order valence-corrected chi connectivity index (χ2v) is 4.79. The second kappa shape index (κ2) is 5.18. The zero-order valence-corrected chi connectivity index (χ0v) is 10.3. The third kappa shape index (κ3) is 3.38. The lowest BCUT2D eigenvalue weighted by molar-refractivity contribution is -0.137. The van der Waals surface area contributed by atoms with Gasteiger partial charge in [-0.3, -0.25) is 0 Å². The van der Waals surface area contributed by atoms with Gasteiger partial charge < -0.3 is 10.2 Å². The average Bonchev–Trinajstić information content (AvgIpc) is 2.70. The van der Waals surface area contributed by atoms with E-state index in [1.165, 1.54) is 5.56 Å². The fourth-order valence-electron chi connectivity index (χ4n) is 2.31. The maximum absolute atomic E-state index is 12.1. The third-order valence-electron chi connectivity index (χ3n) is 3.25. The molecule has 18 heavy (non-hydrogen) atoms. The lowest BCUT2D eigenvalue weighted by Crippen LogP contribution is -2.29. The summed E-state index contributed by atoms with van der Waals surface area (Å²) in [5, 5.41) is 3.28. The highest BCUT2D eigenvalue weighted by atomic mass is 19.4. The quantitative estimate of drug-likeness (QED) is 0.892. The van der Waals surface area contributed by atoms with Crippen LogP contribution in [0.5, 0.6) is 0 Å². The summed E-state index contributed by atoms with van der Waals surface area (Å²) in [6.45, 7) is 1.51. The lowest BCUT2D eigenvalue weighted by Gasteiger charge is -2.21. The van der Waals surface area contributed by atoms with Gasteiger partial charge in [0.15, 0.2) is 0 Å². The fraction of sp³-hybridized carbons (Fsp3) is 0.538. The highest BCUT2D eigenvalue weighted by Gasteiger charge is 2.28. The Balaban J connectivity index is 1.88. The summed E-state index contributed by atoms with van der Waals surface area (Å²) < 4.78 is 36.4. The molecule has 1 atom stereocenters. The first-order valence-electron chi connectivity index (χ1n) is 6.04. The smallest absolute Gasteiger partial charge is 0.384 e. The number of likely N-dealkylation sites (N-methyl/N-ethyl adjacent to an activating group) is 1. The third-order valence-corrected chi connectivity index (χ3v) is 3.25. The van der Waals surface area contributed by atoms with Gasteiger partial charge in [-0.1, -0.05) is 18.2 Å². The minimum atomic E-state index is -4.07. The average molecular weight is 258 g/mol. The van der Waals surface area contributed by atoms with E-state index in [2.05, 4.69) is 5.32 Å². The van der Waals surface area contributed by atoms with Crippen molar-refractivity contribution < 1.29 is 13.2 Å². The minimum absolute atomic E-state index is 0.0577. The van der Waals surface area contributed by atoms with Crippen LogP contribution in [0.3, 0.4) is 0 Å². The van der Waals surface area contributed by atoms with E-state index in [0.717, 1.165) is 12.2 Å². The van der Waals surface area contributed by atoms with Crippen LogP contribution in [0.4, 0.5) is 18.9 Å². The molecule has 0 saturated heterocycles. The molecule has 0 amide bonds. The zero-order chi connectivity index (χ0) is 13.2. The maximum Gasteiger partial charge on any atom is 0.390 e. The van der Waals surface area contributed by atoms with E-state index in [1.807, 2.05) is 24.3 Å². The molecule has 0 bridgehead atoms. The molecule has 100 valence electrons. The Kier molecular flexibility index (Phi) is 3.80. The molecule has 0 fully saturated rings. The zero-order valence-electron chi connectivity index (χ0n) is 10.3. The van der Waals surface area contributed by atoms with Crippen molar-refractivity contribution in [1.82, 2.24) is 4.90 Å². The van der Waals surface area contributed by atoms with Gasteiger partial charge in [0, 0.05) is 31.2 Å². The first-order chi connectivity index (χ1) is 8.46. The molecular formula is C13H17F3N2. The number of rotatable bonds is 4. The molecular weight excluding hydrogens is 241 g/mol. The summed E-state index contributed by atoms with van der Waals surface area (Å²) >= 11 is 0. The van der Waals surface area contributed by atoms with Crippen LogP contribution in [0.2, 0.25) is 0 Å². The summed E-state index contributed by atoms with van der Waals surface area (Å²) in [6.07, 6.45) is -4.81. The standard InChI is InChI=1S/C13H17F3N2/c1-18(7-6-13(14,15)16)9-10-8-17-12-5-3-2-4-11(10)12/h2-5,10,17H,6-9H2,1H3. The van der Waals surface area contributed by atoms with E-state index in [1.54, 1.807) is 11.9 Å². The molecule has 1 aromatic carbocycles. The summed E-state index contributed by atoms with van der Waals surface area (Å²) in [6, 6.07) is 7.97. The molecule has 1 aliphatic heterocycles. The van der Waals surface area contributed by atoms with Crippen LogP contribution in [0.25, 0.3) is 0 Å². The number of nitrogens with one attached hydrogen (secondary N) is 1. The van der Waals surface area contributed by atoms with Crippen molar-refractivity contribution in [3.8, 4) is 0 Å². The van der Waals surface area contributed by atoms with Crippen molar-refractivity contribution in [2.24, 2.45) is 0 Å². The largest absolute Gasteiger partial charge is 0.390 e. The number of hydrogen-bond acceptors (Lipinski definition) is 2. The summed E-state index contributed by atoms with van der Waals surface area (Å²) in [7, 11) is 1.74. The number of benzene rings is 1. The predicted molar refractivity (Wildman–Crippen MR) is 65.8 cm³/mol. The normalized spacial score (nSPS) is 18.8. The van der Waals surface area contributed by atoms with E-state index in [0.29, 0.717) is 6.54 Å². The van der Waals surface area contributed by atoms with Crippen LogP contribution in [-0.2, 0) is 0 Å². The van der Waals surface area contributed by atoms with Gasteiger partial charge in [0.1, 0.15) is 0 Å². The van der Waals surface area contributed by atoms with Crippen LogP contribution in [0.15, 0.2) is 24.3 Å². The summed E-state index contributed by atoms with van der Waals surface area (Å²) in [5.74, 6) is 0.277. The Hall–Kier alpha value is -1.23. The molecule has 1 aliphatic rings. The molecule has 0 aliphatic carbocycles. The molecule has 0 spiro atoms. The fourth-order valence-corrected chi connectivity index (χ4v) is 2.31. The first-order valence-corrected chi connectivity index (χ1v) is 6.04. The molecule has 2 nitrogen and oxygen atoms in total.